The second kappa shape index (κ2) is 8.97. The highest BCUT2D eigenvalue weighted by Crippen LogP contribution is 2.29. The molecule has 2 heterocycles. The van der Waals surface area contributed by atoms with E-state index < -0.39 is 27.8 Å². The van der Waals surface area contributed by atoms with E-state index in [1.54, 1.807) is 0 Å². The molecule has 0 radical (unpaired) electrons. The lowest BCUT2D eigenvalue weighted by molar-refractivity contribution is -0.141. The van der Waals surface area contributed by atoms with Crippen LogP contribution in [0, 0.1) is 0 Å². The van der Waals surface area contributed by atoms with E-state index in [2.05, 4.69) is 10.4 Å². The monoisotopic (exact) mass is 460 g/mol. The van der Waals surface area contributed by atoms with Crippen molar-refractivity contribution < 1.29 is 31.5 Å². The van der Waals surface area contributed by atoms with Gasteiger partial charge in [0.2, 0.25) is 10.0 Å². The van der Waals surface area contributed by atoms with Gasteiger partial charge in [0.05, 0.1) is 4.90 Å². The maximum absolute atomic E-state index is 13.0. The Morgan fingerprint density at radius 1 is 1.26 bits per heavy atom. The van der Waals surface area contributed by atoms with Gasteiger partial charge in [-0.25, -0.2) is 8.42 Å². The summed E-state index contributed by atoms with van der Waals surface area (Å²) in [4.78, 5) is 12.4. The number of nitrogens with zero attached hydrogens (tertiary/aromatic N) is 3. The van der Waals surface area contributed by atoms with Crippen molar-refractivity contribution in [2.24, 2.45) is 7.05 Å². The molecule has 8 nitrogen and oxygen atoms in total. The summed E-state index contributed by atoms with van der Waals surface area (Å²) in [5.41, 5.74) is -1.24. The van der Waals surface area contributed by atoms with E-state index >= 15 is 0 Å². The number of piperidine rings is 1. The van der Waals surface area contributed by atoms with Gasteiger partial charge in [-0.1, -0.05) is 6.42 Å². The Morgan fingerprint density at radius 3 is 2.52 bits per heavy atom. The normalized spacial score (nSPS) is 18.2. The lowest BCUT2D eigenvalue weighted by Crippen LogP contribution is -2.44. The van der Waals surface area contributed by atoms with Gasteiger partial charge in [0.25, 0.3) is 5.91 Å². The number of amides is 1. The number of carbonyl (C=O) groups excluding carboxylic acids is 1. The van der Waals surface area contributed by atoms with Crippen LogP contribution in [0.3, 0.4) is 0 Å². The fourth-order valence-corrected chi connectivity index (χ4v) is 5.31. The van der Waals surface area contributed by atoms with E-state index in [1.807, 2.05) is 0 Å². The van der Waals surface area contributed by atoms with Gasteiger partial charge in [0, 0.05) is 38.0 Å². The zero-order valence-electron chi connectivity index (χ0n) is 16.8. The molecule has 1 aliphatic rings. The fraction of sp³-hybridized carbons (Fsp3) is 0.474. The molecule has 0 spiro atoms. The molecule has 1 amide bonds. The number of aliphatic hydroxyl groups excluding tert-OH is 1. The molecule has 2 N–H and O–H groups in total. The van der Waals surface area contributed by atoms with Gasteiger partial charge < -0.3 is 10.4 Å². The standard InChI is InChI=1S/C19H23F3N4O4S/c1-25-16(12-17(24-25)19(20,21)22)18(28)23-13-5-7-15(8-6-13)31(29,30)26-10-3-2-4-14(26)9-11-27/h5-8,12,14,27H,2-4,9-11H2,1H3,(H,23,28)/t14-/m1/s1. The Kier molecular flexibility index (Phi) is 6.72. The van der Waals surface area contributed by atoms with E-state index in [0.717, 1.165) is 17.5 Å². The molecule has 170 valence electrons. The molecule has 3 rings (SSSR count). The molecule has 2 aromatic rings. The lowest BCUT2D eigenvalue weighted by atomic mass is 10.0. The number of carbonyl (C=O) groups is 1. The third-order valence-corrected chi connectivity index (χ3v) is 7.12. The van der Waals surface area contributed by atoms with Crippen molar-refractivity contribution in [3.8, 4) is 0 Å². The number of alkyl halides is 3. The highest BCUT2D eigenvalue weighted by Gasteiger charge is 2.36. The zero-order valence-corrected chi connectivity index (χ0v) is 17.6. The molecule has 0 bridgehead atoms. The van der Waals surface area contributed by atoms with Gasteiger partial charge in [-0.3, -0.25) is 9.48 Å². The number of aromatic nitrogens is 2. The van der Waals surface area contributed by atoms with Crippen LogP contribution in [0.15, 0.2) is 35.2 Å². The second-order valence-corrected chi connectivity index (χ2v) is 9.18. The molecule has 1 saturated heterocycles. The summed E-state index contributed by atoms with van der Waals surface area (Å²) in [7, 11) is -2.56. The molecule has 1 atom stereocenters. The van der Waals surface area contributed by atoms with Crippen molar-refractivity contribution in [2.75, 3.05) is 18.5 Å². The first-order chi connectivity index (χ1) is 14.5. The summed E-state index contributed by atoms with van der Waals surface area (Å²) in [6.45, 7) is 0.263. The molecule has 0 aliphatic carbocycles. The maximum atomic E-state index is 13.0. The average Bonchev–Trinajstić information content (AvgIpc) is 3.11. The van der Waals surface area contributed by atoms with Crippen LogP contribution < -0.4 is 5.32 Å². The smallest absolute Gasteiger partial charge is 0.396 e. The van der Waals surface area contributed by atoms with Crippen molar-refractivity contribution in [2.45, 2.75) is 42.8 Å². The van der Waals surface area contributed by atoms with Crippen LogP contribution >= 0.6 is 0 Å². The summed E-state index contributed by atoms with van der Waals surface area (Å²) in [6.07, 6.45) is -2.00. The topological polar surface area (TPSA) is 105 Å². The molecule has 12 heteroatoms. The minimum atomic E-state index is -4.67. The molecule has 1 aliphatic heterocycles. The van der Waals surface area contributed by atoms with Gasteiger partial charge in [-0.15, -0.1) is 0 Å². The molecule has 0 unspecified atom stereocenters. The first-order valence-electron chi connectivity index (χ1n) is 9.69. The molecule has 31 heavy (non-hydrogen) atoms. The predicted molar refractivity (Wildman–Crippen MR) is 106 cm³/mol. The van der Waals surface area contributed by atoms with Crippen LogP contribution in [0.2, 0.25) is 0 Å². The summed E-state index contributed by atoms with van der Waals surface area (Å²) in [5, 5.41) is 15.0. The average molecular weight is 460 g/mol. The van der Waals surface area contributed by atoms with Crippen LogP contribution in [0.25, 0.3) is 0 Å². The van der Waals surface area contributed by atoms with Crippen LogP contribution in [0.5, 0.6) is 0 Å². The minimum Gasteiger partial charge on any atom is -0.396 e. The number of sulfonamides is 1. The van der Waals surface area contributed by atoms with Crippen molar-refractivity contribution in [3.05, 3.63) is 41.7 Å². The summed E-state index contributed by atoms with van der Waals surface area (Å²) in [5.74, 6) is -0.805. The number of benzene rings is 1. The Hall–Kier alpha value is -2.44. The number of nitrogens with one attached hydrogen (secondary N) is 1. The SMILES string of the molecule is Cn1nc(C(F)(F)F)cc1C(=O)Nc1ccc(S(=O)(=O)N2CCCC[C@@H]2CCO)cc1. The van der Waals surface area contributed by atoms with E-state index in [4.69, 9.17) is 0 Å². The first kappa shape index (κ1) is 23.2. The molecular formula is C19H23F3N4O4S. The number of halogens is 3. The van der Waals surface area contributed by atoms with E-state index in [1.165, 1.54) is 35.6 Å². The largest absolute Gasteiger partial charge is 0.435 e. The van der Waals surface area contributed by atoms with Crippen LogP contribution in [-0.4, -0.2) is 52.7 Å². The van der Waals surface area contributed by atoms with Gasteiger partial charge in [-0.05, 0) is 43.5 Å². The maximum Gasteiger partial charge on any atom is 0.435 e. The Bertz CT molecular complexity index is 1030. The molecule has 0 saturated carbocycles. The number of rotatable bonds is 6. The minimum absolute atomic E-state index is 0.0372. The number of hydrogen-bond acceptors (Lipinski definition) is 5. The van der Waals surface area contributed by atoms with Gasteiger partial charge in [0.15, 0.2) is 5.69 Å². The van der Waals surface area contributed by atoms with Gasteiger partial charge in [0.1, 0.15) is 5.69 Å². The highest BCUT2D eigenvalue weighted by atomic mass is 32.2. The Labute approximate surface area is 177 Å². The fourth-order valence-electron chi connectivity index (χ4n) is 3.59. The number of aryl methyl sites for hydroxylation is 1. The van der Waals surface area contributed by atoms with Crippen molar-refractivity contribution >= 4 is 21.6 Å². The third kappa shape index (κ3) is 5.08. The number of anilines is 1. The molecule has 1 aromatic heterocycles. The first-order valence-corrected chi connectivity index (χ1v) is 11.1. The quantitative estimate of drug-likeness (QED) is 0.690. The van der Waals surface area contributed by atoms with Crippen molar-refractivity contribution in [3.63, 3.8) is 0 Å². The van der Waals surface area contributed by atoms with Crippen molar-refractivity contribution in [1.82, 2.24) is 14.1 Å². The Morgan fingerprint density at radius 2 is 1.94 bits per heavy atom. The van der Waals surface area contributed by atoms with E-state index in [0.29, 0.717) is 25.5 Å². The summed E-state index contributed by atoms with van der Waals surface area (Å²) >= 11 is 0. The predicted octanol–water partition coefficient (Wildman–Crippen LogP) is 2.62. The second-order valence-electron chi connectivity index (χ2n) is 7.29. The number of aliphatic hydroxyl groups is 1. The van der Waals surface area contributed by atoms with Crippen LogP contribution in [0.4, 0.5) is 18.9 Å². The van der Waals surface area contributed by atoms with Crippen LogP contribution in [-0.2, 0) is 23.2 Å². The molecule has 1 aromatic carbocycles. The summed E-state index contributed by atoms with van der Waals surface area (Å²) in [6, 6.07) is 5.79. The summed E-state index contributed by atoms with van der Waals surface area (Å²) < 4.78 is 66.6. The molecule has 1 fully saturated rings. The van der Waals surface area contributed by atoms with Gasteiger partial charge >= 0.3 is 6.18 Å². The van der Waals surface area contributed by atoms with Gasteiger partial charge in [-0.2, -0.15) is 22.6 Å². The zero-order chi connectivity index (χ0) is 22.8. The van der Waals surface area contributed by atoms with E-state index in [9.17, 15) is 31.5 Å². The highest BCUT2D eigenvalue weighted by molar-refractivity contribution is 7.89. The Balaban J connectivity index is 1.75. The molecular weight excluding hydrogens is 437 g/mol. The van der Waals surface area contributed by atoms with Crippen LogP contribution in [0.1, 0.15) is 41.9 Å². The van der Waals surface area contributed by atoms with E-state index in [-0.39, 0.29) is 28.9 Å². The lowest BCUT2D eigenvalue weighted by Gasteiger charge is -2.34. The van der Waals surface area contributed by atoms with Crippen molar-refractivity contribution in [1.29, 1.82) is 0 Å². The number of hydrogen-bond donors (Lipinski definition) is 2. The third-order valence-electron chi connectivity index (χ3n) is 5.16.